The number of piperidine rings is 1. The zero-order chi connectivity index (χ0) is 21.8. The summed E-state index contributed by atoms with van der Waals surface area (Å²) in [6.45, 7) is 8.30. The van der Waals surface area contributed by atoms with Crippen molar-refractivity contribution in [1.82, 2.24) is 20.1 Å². The molecule has 2 aliphatic heterocycles. The van der Waals surface area contributed by atoms with Gasteiger partial charge in [0.15, 0.2) is 0 Å². The monoisotopic (exact) mass is 446 g/mol. The summed E-state index contributed by atoms with van der Waals surface area (Å²) < 4.78 is 5.35. The Labute approximate surface area is 188 Å². The number of likely N-dealkylation sites (tertiary alicyclic amines) is 1. The number of amides is 2. The third-order valence-corrected chi connectivity index (χ3v) is 6.83. The molecule has 0 spiro atoms. The number of carbonyl (C=O) groups is 2. The summed E-state index contributed by atoms with van der Waals surface area (Å²) in [7, 11) is 0. The predicted octanol–water partition coefficient (Wildman–Crippen LogP) is 2.76. The Morgan fingerprint density at radius 3 is 2.68 bits per heavy atom. The van der Waals surface area contributed by atoms with Gasteiger partial charge < -0.3 is 19.9 Å². The molecule has 2 aromatic rings. The maximum absolute atomic E-state index is 12.9. The molecule has 2 saturated heterocycles. The van der Waals surface area contributed by atoms with E-state index in [-0.39, 0.29) is 17.7 Å². The Hall–Kier alpha value is -2.09. The maximum atomic E-state index is 12.9. The van der Waals surface area contributed by atoms with E-state index in [1.165, 1.54) is 0 Å². The first-order valence-electron chi connectivity index (χ1n) is 11.2. The van der Waals surface area contributed by atoms with Gasteiger partial charge in [-0.15, -0.1) is 0 Å². The number of benzene rings is 1. The Balaban J connectivity index is 1.24. The van der Waals surface area contributed by atoms with Crippen molar-refractivity contribution in [3.8, 4) is 0 Å². The first-order chi connectivity index (χ1) is 15.0. The lowest BCUT2D eigenvalue weighted by Gasteiger charge is -2.34. The quantitative estimate of drug-likeness (QED) is 0.715. The van der Waals surface area contributed by atoms with Crippen LogP contribution < -0.4 is 5.32 Å². The number of nitrogens with zero attached hydrogens (tertiary/aromatic N) is 2. The van der Waals surface area contributed by atoms with Gasteiger partial charge in [-0.3, -0.25) is 14.5 Å². The molecule has 0 radical (unpaired) electrons. The van der Waals surface area contributed by atoms with Gasteiger partial charge >= 0.3 is 0 Å². The minimum atomic E-state index is -0.0443. The minimum Gasteiger partial charge on any atom is -0.379 e. The molecule has 3 heterocycles. The van der Waals surface area contributed by atoms with Gasteiger partial charge in [0, 0.05) is 61.1 Å². The third kappa shape index (κ3) is 5.40. The van der Waals surface area contributed by atoms with Crippen molar-refractivity contribution in [1.29, 1.82) is 0 Å². The highest BCUT2D eigenvalue weighted by Gasteiger charge is 2.30. The summed E-state index contributed by atoms with van der Waals surface area (Å²) in [6.07, 6.45) is 1.69. The average molecular weight is 447 g/mol. The van der Waals surface area contributed by atoms with E-state index >= 15 is 0 Å². The van der Waals surface area contributed by atoms with E-state index in [9.17, 15) is 9.59 Å². The molecule has 2 fully saturated rings. The van der Waals surface area contributed by atoms with Crippen LogP contribution in [0.25, 0.3) is 10.9 Å². The lowest BCUT2D eigenvalue weighted by molar-refractivity contribution is -0.126. The molecular weight excluding hydrogens is 416 g/mol. The maximum Gasteiger partial charge on any atom is 0.270 e. The van der Waals surface area contributed by atoms with Gasteiger partial charge in [-0.1, -0.05) is 18.5 Å². The van der Waals surface area contributed by atoms with Crippen molar-refractivity contribution >= 4 is 34.3 Å². The Morgan fingerprint density at radius 2 is 1.94 bits per heavy atom. The molecule has 0 saturated carbocycles. The number of morpholine rings is 1. The SMILES string of the molecule is C[C@@H](C(=O)NCCN1CCOCC1)C1CCN(C(=O)c2cc3cc(Cl)ccc3[nH]2)CC1. The molecule has 2 N–H and O–H groups in total. The number of rotatable bonds is 6. The minimum absolute atomic E-state index is 0.00777. The van der Waals surface area contributed by atoms with Gasteiger partial charge in [-0.2, -0.15) is 0 Å². The molecule has 0 bridgehead atoms. The number of ether oxygens (including phenoxy) is 1. The number of halogens is 1. The fraction of sp³-hybridized carbons (Fsp3) is 0.565. The molecule has 1 atom stereocenters. The van der Waals surface area contributed by atoms with Crippen LogP contribution in [0.3, 0.4) is 0 Å². The second-order valence-corrected chi connectivity index (χ2v) is 9.01. The van der Waals surface area contributed by atoms with Crippen LogP contribution in [0.1, 0.15) is 30.3 Å². The van der Waals surface area contributed by atoms with E-state index in [0.717, 1.165) is 56.6 Å². The van der Waals surface area contributed by atoms with Crippen LogP contribution >= 0.6 is 11.6 Å². The van der Waals surface area contributed by atoms with E-state index in [1.807, 2.05) is 36.1 Å². The van der Waals surface area contributed by atoms with Gasteiger partial charge in [0.05, 0.1) is 13.2 Å². The number of H-pyrrole nitrogens is 1. The summed E-state index contributed by atoms with van der Waals surface area (Å²) in [5.74, 6) is 0.380. The largest absolute Gasteiger partial charge is 0.379 e. The zero-order valence-corrected chi connectivity index (χ0v) is 18.8. The number of hydrogen-bond donors (Lipinski definition) is 2. The molecule has 2 aliphatic rings. The number of aromatic nitrogens is 1. The summed E-state index contributed by atoms with van der Waals surface area (Å²) in [5.41, 5.74) is 1.50. The number of carbonyl (C=O) groups excluding carboxylic acids is 2. The molecule has 4 rings (SSSR count). The van der Waals surface area contributed by atoms with E-state index in [4.69, 9.17) is 16.3 Å². The van der Waals surface area contributed by atoms with Gasteiger partial charge in [0.25, 0.3) is 5.91 Å². The smallest absolute Gasteiger partial charge is 0.270 e. The normalized spacial score (nSPS) is 19.5. The molecule has 0 aliphatic carbocycles. The second kappa shape index (κ2) is 10.0. The second-order valence-electron chi connectivity index (χ2n) is 8.58. The summed E-state index contributed by atoms with van der Waals surface area (Å²) in [6, 6.07) is 7.42. The van der Waals surface area contributed by atoms with Gasteiger partial charge in [-0.25, -0.2) is 0 Å². The summed E-state index contributed by atoms with van der Waals surface area (Å²) in [4.78, 5) is 32.9. The molecule has 0 unspecified atom stereocenters. The fourth-order valence-electron chi connectivity index (χ4n) is 4.53. The molecule has 31 heavy (non-hydrogen) atoms. The lowest BCUT2D eigenvalue weighted by Crippen LogP contribution is -2.45. The summed E-state index contributed by atoms with van der Waals surface area (Å²) in [5, 5.41) is 4.68. The van der Waals surface area contributed by atoms with Crippen molar-refractivity contribution in [2.45, 2.75) is 19.8 Å². The standard InChI is InChI=1S/C23H31ClN4O3/c1-16(22(29)25-6-9-27-10-12-31-13-11-27)17-4-7-28(8-5-17)23(30)21-15-18-14-19(24)2-3-20(18)26-21/h2-3,14-17,26H,4-13H2,1H3,(H,25,29)/t16-/m1/s1. The Kier molecular flexibility index (Phi) is 7.15. The molecule has 1 aromatic heterocycles. The zero-order valence-electron chi connectivity index (χ0n) is 18.0. The predicted molar refractivity (Wildman–Crippen MR) is 121 cm³/mol. The van der Waals surface area contributed by atoms with Gasteiger partial charge in [0.2, 0.25) is 5.91 Å². The van der Waals surface area contributed by atoms with Crippen molar-refractivity contribution in [2.24, 2.45) is 11.8 Å². The first kappa shape index (κ1) is 22.1. The Morgan fingerprint density at radius 1 is 1.19 bits per heavy atom. The summed E-state index contributed by atoms with van der Waals surface area (Å²) >= 11 is 6.05. The number of aromatic amines is 1. The van der Waals surface area contributed by atoms with Gasteiger partial charge in [-0.05, 0) is 43.0 Å². The van der Waals surface area contributed by atoms with Crippen LogP contribution in [0.2, 0.25) is 5.02 Å². The third-order valence-electron chi connectivity index (χ3n) is 6.59. The van der Waals surface area contributed by atoms with Crippen molar-refractivity contribution in [2.75, 3.05) is 52.5 Å². The van der Waals surface area contributed by atoms with Crippen LogP contribution in [-0.4, -0.2) is 79.1 Å². The highest BCUT2D eigenvalue weighted by Crippen LogP contribution is 2.27. The van der Waals surface area contributed by atoms with Crippen LogP contribution in [0.15, 0.2) is 24.3 Å². The first-order valence-corrected chi connectivity index (χ1v) is 11.5. The van der Waals surface area contributed by atoms with Crippen molar-refractivity contribution < 1.29 is 14.3 Å². The van der Waals surface area contributed by atoms with E-state index in [2.05, 4.69) is 15.2 Å². The fourth-order valence-corrected chi connectivity index (χ4v) is 4.71. The number of hydrogen-bond acceptors (Lipinski definition) is 4. The molecule has 1 aromatic carbocycles. The van der Waals surface area contributed by atoms with E-state index in [1.54, 1.807) is 0 Å². The topological polar surface area (TPSA) is 77.7 Å². The molecule has 7 nitrogen and oxygen atoms in total. The van der Waals surface area contributed by atoms with Gasteiger partial charge in [0.1, 0.15) is 5.69 Å². The molecule has 8 heteroatoms. The van der Waals surface area contributed by atoms with Crippen LogP contribution in [-0.2, 0) is 9.53 Å². The number of nitrogens with one attached hydrogen (secondary N) is 2. The number of fused-ring (bicyclic) bond motifs is 1. The van der Waals surface area contributed by atoms with Crippen LogP contribution in [0.4, 0.5) is 0 Å². The van der Waals surface area contributed by atoms with Crippen LogP contribution in [0.5, 0.6) is 0 Å². The lowest BCUT2D eigenvalue weighted by atomic mass is 9.84. The highest BCUT2D eigenvalue weighted by molar-refractivity contribution is 6.31. The average Bonchev–Trinajstić information content (AvgIpc) is 3.22. The molecule has 2 amide bonds. The van der Waals surface area contributed by atoms with Crippen LogP contribution in [0, 0.1) is 11.8 Å². The Bertz CT molecular complexity index is 917. The van der Waals surface area contributed by atoms with Crippen molar-refractivity contribution in [3.63, 3.8) is 0 Å². The van der Waals surface area contributed by atoms with E-state index in [0.29, 0.717) is 36.3 Å². The van der Waals surface area contributed by atoms with E-state index < -0.39 is 0 Å². The molecular formula is C23H31ClN4O3. The van der Waals surface area contributed by atoms with Crippen molar-refractivity contribution in [3.05, 3.63) is 35.0 Å². The highest BCUT2D eigenvalue weighted by atomic mass is 35.5. The molecule has 168 valence electrons.